The molecule has 0 radical (unpaired) electrons. The molecule has 202 valence electrons. The second kappa shape index (κ2) is 9.87. The molecular formula is C31H30O8. The van der Waals surface area contributed by atoms with Crippen LogP contribution in [-0.4, -0.2) is 47.9 Å². The number of methoxy groups -OCH3 is 2. The van der Waals surface area contributed by atoms with Gasteiger partial charge in [-0.25, -0.2) is 0 Å². The van der Waals surface area contributed by atoms with Crippen LogP contribution in [0.2, 0.25) is 0 Å². The molecule has 4 N–H and O–H groups in total. The van der Waals surface area contributed by atoms with E-state index < -0.39 is 24.0 Å². The third-order valence-electron chi connectivity index (χ3n) is 7.83. The average Bonchev–Trinajstić information content (AvgIpc) is 2.93. The normalized spacial score (nSPS) is 21.8. The van der Waals surface area contributed by atoms with E-state index in [1.54, 1.807) is 55.6 Å². The Morgan fingerprint density at radius 2 is 1.44 bits per heavy atom. The lowest BCUT2D eigenvalue weighted by atomic mass is 9.76. The number of benzene rings is 4. The molecule has 2 aliphatic rings. The topological polar surface area (TPSA) is 118 Å². The van der Waals surface area contributed by atoms with Gasteiger partial charge in [-0.15, -0.1) is 0 Å². The van der Waals surface area contributed by atoms with Gasteiger partial charge in [-0.05, 0) is 54.1 Å². The minimum absolute atomic E-state index is 0.106. The third kappa shape index (κ3) is 4.35. The van der Waals surface area contributed by atoms with Gasteiger partial charge >= 0.3 is 0 Å². The summed E-state index contributed by atoms with van der Waals surface area (Å²) in [5, 5.41) is 44.4. The molecule has 0 unspecified atom stereocenters. The van der Waals surface area contributed by atoms with Crippen molar-refractivity contribution >= 4 is 10.8 Å². The maximum absolute atomic E-state index is 11.6. The van der Waals surface area contributed by atoms with E-state index in [0.29, 0.717) is 45.9 Å². The van der Waals surface area contributed by atoms with Crippen molar-refractivity contribution in [1.29, 1.82) is 0 Å². The van der Waals surface area contributed by atoms with Gasteiger partial charge in [0.25, 0.3) is 0 Å². The molecule has 0 aliphatic carbocycles. The summed E-state index contributed by atoms with van der Waals surface area (Å²) < 4.78 is 23.5. The number of aliphatic hydroxyl groups is 2. The van der Waals surface area contributed by atoms with Crippen LogP contribution >= 0.6 is 0 Å². The molecule has 39 heavy (non-hydrogen) atoms. The molecule has 0 saturated heterocycles. The molecule has 0 spiro atoms. The Balaban J connectivity index is 1.34. The Hall–Kier alpha value is -4.14. The van der Waals surface area contributed by atoms with Crippen LogP contribution in [0.4, 0.5) is 0 Å². The fourth-order valence-corrected chi connectivity index (χ4v) is 5.86. The quantitative estimate of drug-likeness (QED) is 0.295. The summed E-state index contributed by atoms with van der Waals surface area (Å²) in [6.07, 6.45) is -1.39. The lowest BCUT2D eigenvalue weighted by Gasteiger charge is -2.41. The van der Waals surface area contributed by atoms with Gasteiger partial charge in [0.15, 0.2) is 0 Å². The van der Waals surface area contributed by atoms with E-state index in [1.807, 2.05) is 12.1 Å². The predicted octanol–water partition coefficient (Wildman–Crippen LogP) is 4.64. The number of hydrogen-bond donors (Lipinski definition) is 4. The van der Waals surface area contributed by atoms with E-state index in [0.717, 1.165) is 16.5 Å². The Bertz CT molecular complexity index is 1550. The van der Waals surface area contributed by atoms with Crippen LogP contribution in [0.15, 0.2) is 60.7 Å². The second-order valence-electron chi connectivity index (χ2n) is 10.1. The molecule has 0 amide bonds. The molecule has 0 aromatic heterocycles. The lowest BCUT2D eigenvalue weighted by molar-refractivity contribution is -0.0550. The van der Waals surface area contributed by atoms with Crippen molar-refractivity contribution in [1.82, 2.24) is 0 Å². The number of phenolic OH excluding ortho intramolecular Hbond substituents is 2. The van der Waals surface area contributed by atoms with E-state index in [9.17, 15) is 20.4 Å². The standard InChI is InChI=1S/C31H30O8/c1-36-20-10-17(8-16-4-3-5-18(32)9-16)30-23(12-20)28(34)25(14-38-30)26-15-39-31-21-7-6-19(33)11-22(21)27(37-2)13-24(31)29(26)35/h3-7,9-13,25-26,28-29,32-35H,8,14-15H2,1-2H3/t25-,26-,28-,29+/m1/s1. The van der Waals surface area contributed by atoms with Gasteiger partial charge in [-0.1, -0.05) is 12.1 Å². The first-order valence-corrected chi connectivity index (χ1v) is 12.8. The van der Waals surface area contributed by atoms with Crippen LogP contribution < -0.4 is 18.9 Å². The first-order chi connectivity index (χ1) is 18.9. The SMILES string of the molecule is COc1cc(Cc2cccc(O)c2)c2c(c1)[C@@H](O)[C@@H]([C@H]1COc3c(cc(OC)c4cc(O)ccc34)[C@@H]1O)CO2. The molecule has 4 aromatic carbocycles. The van der Waals surface area contributed by atoms with Gasteiger partial charge in [-0.2, -0.15) is 0 Å². The molecule has 8 nitrogen and oxygen atoms in total. The van der Waals surface area contributed by atoms with E-state index in [4.69, 9.17) is 18.9 Å². The largest absolute Gasteiger partial charge is 0.508 e. The molecular weight excluding hydrogens is 500 g/mol. The zero-order valence-electron chi connectivity index (χ0n) is 21.6. The highest BCUT2D eigenvalue weighted by Gasteiger charge is 2.43. The van der Waals surface area contributed by atoms with Gasteiger partial charge in [0.05, 0.1) is 39.6 Å². The predicted molar refractivity (Wildman–Crippen MR) is 144 cm³/mol. The number of rotatable bonds is 5. The summed E-state index contributed by atoms with van der Waals surface area (Å²) in [4.78, 5) is 0. The Morgan fingerprint density at radius 1 is 0.744 bits per heavy atom. The second-order valence-corrected chi connectivity index (χ2v) is 10.1. The van der Waals surface area contributed by atoms with Crippen LogP contribution in [0, 0.1) is 11.8 Å². The van der Waals surface area contributed by atoms with E-state index in [1.165, 1.54) is 7.11 Å². The van der Waals surface area contributed by atoms with E-state index >= 15 is 0 Å². The van der Waals surface area contributed by atoms with Crippen molar-refractivity contribution in [2.45, 2.75) is 18.6 Å². The fourth-order valence-electron chi connectivity index (χ4n) is 5.86. The summed E-state index contributed by atoms with van der Waals surface area (Å²) in [5.74, 6) is 1.59. The number of phenols is 2. The molecule has 4 aromatic rings. The minimum atomic E-state index is -0.942. The fraction of sp³-hybridized carbons (Fsp3) is 0.290. The van der Waals surface area contributed by atoms with Crippen LogP contribution in [-0.2, 0) is 6.42 Å². The van der Waals surface area contributed by atoms with Crippen molar-refractivity contribution in [2.24, 2.45) is 11.8 Å². The zero-order chi connectivity index (χ0) is 27.3. The third-order valence-corrected chi connectivity index (χ3v) is 7.83. The van der Waals surface area contributed by atoms with Crippen LogP contribution in [0.3, 0.4) is 0 Å². The molecule has 4 atom stereocenters. The zero-order valence-corrected chi connectivity index (χ0v) is 21.6. The smallest absolute Gasteiger partial charge is 0.133 e. The Labute approximate surface area is 225 Å². The molecule has 0 fully saturated rings. The van der Waals surface area contributed by atoms with Crippen LogP contribution in [0.5, 0.6) is 34.5 Å². The summed E-state index contributed by atoms with van der Waals surface area (Å²) in [6.45, 7) is 0.365. The summed E-state index contributed by atoms with van der Waals surface area (Å²) >= 11 is 0. The van der Waals surface area contributed by atoms with Crippen molar-refractivity contribution in [2.75, 3.05) is 27.4 Å². The van der Waals surface area contributed by atoms with Gasteiger partial charge < -0.3 is 39.4 Å². The first kappa shape index (κ1) is 25.2. The Kier molecular flexibility index (Phi) is 6.37. The number of aromatic hydroxyl groups is 2. The average molecular weight is 531 g/mol. The number of fused-ring (bicyclic) bond motifs is 4. The number of ether oxygens (including phenoxy) is 4. The minimum Gasteiger partial charge on any atom is -0.508 e. The first-order valence-electron chi connectivity index (χ1n) is 12.8. The van der Waals surface area contributed by atoms with Gasteiger partial charge in [0.1, 0.15) is 34.5 Å². The lowest BCUT2D eigenvalue weighted by Crippen LogP contribution is -2.40. The van der Waals surface area contributed by atoms with Gasteiger partial charge in [0.2, 0.25) is 0 Å². The number of aliphatic hydroxyl groups excluding tert-OH is 2. The van der Waals surface area contributed by atoms with Crippen LogP contribution in [0.1, 0.15) is 34.5 Å². The highest BCUT2D eigenvalue weighted by atomic mass is 16.5. The monoisotopic (exact) mass is 530 g/mol. The van der Waals surface area contributed by atoms with Crippen molar-refractivity contribution in [3.05, 3.63) is 82.9 Å². The molecule has 8 heteroatoms. The summed E-state index contributed by atoms with van der Waals surface area (Å²) in [7, 11) is 3.11. The summed E-state index contributed by atoms with van der Waals surface area (Å²) in [6, 6.07) is 17.3. The highest BCUT2D eigenvalue weighted by molar-refractivity contribution is 5.95. The molecule has 6 rings (SSSR count). The summed E-state index contributed by atoms with van der Waals surface area (Å²) in [5.41, 5.74) is 2.88. The number of hydrogen-bond acceptors (Lipinski definition) is 8. The Morgan fingerprint density at radius 3 is 2.13 bits per heavy atom. The van der Waals surface area contributed by atoms with Crippen LogP contribution in [0.25, 0.3) is 10.8 Å². The molecule has 2 heterocycles. The maximum atomic E-state index is 11.6. The van der Waals surface area contributed by atoms with E-state index in [-0.39, 0.29) is 24.7 Å². The maximum Gasteiger partial charge on any atom is 0.133 e. The van der Waals surface area contributed by atoms with Crippen molar-refractivity contribution in [3.8, 4) is 34.5 Å². The van der Waals surface area contributed by atoms with E-state index in [2.05, 4.69) is 0 Å². The molecule has 0 bridgehead atoms. The highest BCUT2D eigenvalue weighted by Crippen LogP contribution is 2.51. The van der Waals surface area contributed by atoms with Gasteiger partial charge in [-0.3, -0.25) is 0 Å². The van der Waals surface area contributed by atoms with Crippen molar-refractivity contribution < 1.29 is 39.4 Å². The van der Waals surface area contributed by atoms with Gasteiger partial charge in [0, 0.05) is 45.7 Å². The molecule has 2 aliphatic heterocycles. The van der Waals surface area contributed by atoms with Crippen molar-refractivity contribution in [3.63, 3.8) is 0 Å². The molecule has 0 saturated carbocycles.